The summed E-state index contributed by atoms with van der Waals surface area (Å²) < 4.78 is 18.4. The lowest BCUT2D eigenvalue weighted by molar-refractivity contribution is -0.108. The van der Waals surface area contributed by atoms with E-state index in [0.717, 1.165) is 11.8 Å². The van der Waals surface area contributed by atoms with E-state index < -0.39 is 0 Å². The number of rotatable bonds is 4. The van der Waals surface area contributed by atoms with E-state index in [1.54, 1.807) is 13.0 Å². The Morgan fingerprint density at radius 3 is 2.73 bits per heavy atom. The van der Waals surface area contributed by atoms with Crippen molar-refractivity contribution < 1.29 is 13.9 Å². The van der Waals surface area contributed by atoms with Gasteiger partial charge in [-0.25, -0.2) is 4.39 Å². The second kappa shape index (κ2) is 4.91. The third-order valence-corrected chi connectivity index (χ3v) is 2.56. The van der Waals surface area contributed by atoms with Crippen molar-refractivity contribution in [1.82, 2.24) is 0 Å². The van der Waals surface area contributed by atoms with Gasteiger partial charge in [0.2, 0.25) is 0 Å². The molecule has 0 radical (unpaired) electrons. The second-order valence-corrected chi connectivity index (χ2v) is 3.60. The lowest BCUT2D eigenvalue weighted by atomic mass is 9.95. The van der Waals surface area contributed by atoms with Gasteiger partial charge in [-0.3, -0.25) is 0 Å². The highest BCUT2D eigenvalue weighted by molar-refractivity contribution is 5.53. The molecule has 1 rings (SSSR count). The molecule has 0 aromatic heterocycles. The molecule has 0 spiro atoms. The third kappa shape index (κ3) is 2.35. The summed E-state index contributed by atoms with van der Waals surface area (Å²) in [5.41, 5.74) is 1.37. The predicted octanol–water partition coefficient (Wildman–Crippen LogP) is 2.84. The first-order valence-corrected chi connectivity index (χ1v) is 4.88. The number of carbonyl (C=O) groups excluding carboxylic acids is 1. The number of hydrogen-bond acceptors (Lipinski definition) is 2. The highest BCUT2D eigenvalue weighted by Crippen LogP contribution is 2.32. The van der Waals surface area contributed by atoms with Crippen LogP contribution in [-0.4, -0.2) is 13.4 Å². The standard InChI is InChI=1S/C12H15FO2/c1-8(6-7-14)10-4-5-11(13)9(2)12(10)15-3/h4-5,7-8H,6H2,1-3H3. The van der Waals surface area contributed by atoms with E-state index in [4.69, 9.17) is 4.74 Å². The van der Waals surface area contributed by atoms with E-state index in [1.165, 1.54) is 13.2 Å². The Kier molecular flexibility index (Phi) is 3.83. The first-order valence-electron chi connectivity index (χ1n) is 4.88. The number of methoxy groups -OCH3 is 1. The topological polar surface area (TPSA) is 26.3 Å². The molecule has 82 valence electrons. The molecule has 0 saturated carbocycles. The molecule has 1 aromatic rings. The van der Waals surface area contributed by atoms with Crippen molar-refractivity contribution in [3.63, 3.8) is 0 Å². The molecule has 1 unspecified atom stereocenters. The summed E-state index contributed by atoms with van der Waals surface area (Å²) in [5.74, 6) is 0.315. The first kappa shape index (κ1) is 11.7. The van der Waals surface area contributed by atoms with Crippen LogP contribution >= 0.6 is 0 Å². The molecular formula is C12H15FO2. The van der Waals surface area contributed by atoms with Crippen LogP contribution in [0, 0.1) is 12.7 Å². The van der Waals surface area contributed by atoms with E-state index in [2.05, 4.69) is 0 Å². The zero-order chi connectivity index (χ0) is 11.4. The number of hydrogen-bond donors (Lipinski definition) is 0. The van der Waals surface area contributed by atoms with Gasteiger partial charge in [0, 0.05) is 12.0 Å². The minimum atomic E-state index is -0.283. The van der Waals surface area contributed by atoms with Crippen LogP contribution in [0.1, 0.15) is 30.4 Å². The van der Waals surface area contributed by atoms with Crippen molar-refractivity contribution in [3.05, 3.63) is 29.1 Å². The third-order valence-electron chi connectivity index (χ3n) is 2.56. The summed E-state index contributed by atoms with van der Waals surface area (Å²) in [6, 6.07) is 3.09. The largest absolute Gasteiger partial charge is 0.496 e. The van der Waals surface area contributed by atoms with Gasteiger partial charge in [0.05, 0.1) is 7.11 Å². The lowest BCUT2D eigenvalue weighted by Gasteiger charge is -2.15. The average Bonchev–Trinajstić information content (AvgIpc) is 2.22. The molecule has 1 aromatic carbocycles. The summed E-state index contributed by atoms with van der Waals surface area (Å²) in [5, 5.41) is 0. The lowest BCUT2D eigenvalue weighted by Crippen LogP contribution is -2.01. The summed E-state index contributed by atoms with van der Waals surface area (Å²) in [4.78, 5) is 10.4. The number of ether oxygens (including phenoxy) is 1. The normalized spacial score (nSPS) is 12.3. The van der Waals surface area contributed by atoms with Crippen LogP contribution in [0.4, 0.5) is 4.39 Å². The molecule has 3 heteroatoms. The molecular weight excluding hydrogens is 195 g/mol. The quantitative estimate of drug-likeness (QED) is 0.714. The van der Waals surface area contributed by atoms with Gasteiger partial charge in [0.1, 0.15) is 17.9 Å². The van der Waals surface area contributed by atoms with Crippen LogP contribution in [0.15, 0.2) is 12.1 Å². The summed E-state index contributed by atoms with van der Waals surface area (Å²) in [6.07, 6.45) is 1.28. The van der Waals surface area contributed by atoms with E-state index in [9.17, 15) is 9.18 Å². The molecule has 0 bridgehead atoms. The molecule has 0 amide bonds. The maximum atomic E-state index is 13.2. The highest BCUT2D eigenvalue weighted by Gasteiger charge is 2.15. The smallest absolute Gasteiger partial charge is 0.129 e. The van der Waals surface area contributed by atoms with Gasteiger partial charge in [-0.15, -0.1) is 0 Å². The summed E-state index contributed by atoms with van der Waals surface area (Å²) >= 11 is 0. The highest BCUT2D eigenvalue weighted by atomic mass is 19.1. The van der Waals surface area contributed by atoms with Gasteiger partial charge >= 0.3 is 0 Å². The van der Waals surface area contributed by atoms with Gasteiger partial charge in [-0.05, 0) is 24.5 Å². The van der Waals surface area contributed by atoms with E-state index in [0.29, 0.717) is 17.7 Å². The Hall–Kier alpha value is -1.38. The minimum absolute atomic E-state index is 0.0525. The molecule has 1 atom stereocenters. The molecule has 15 heavy (non-hydrogen) atoms. The molecule has 0 aliphatic rings. The molecule has 0 saturated heterocycles. The Balaban J connectivity index is 3.17. The van der Waals surface area contributed by atoms with Gasteiger partial charge in [0.15, 0.2) is 0 Å². The van der Waals surface area contributed by atoms with Crippen LogP contribution in [0.3, 0.4) is 0 Å². The number of halogens is 1. The fraction of sp³-hybridized carbons (Fsp3) is 0.417. The number of carbonyl (C=O) groups is 1. The Morgan fingerprint density at radius 1 is 1.53 bits per heavy atom. The second-order valence-electron chi connectivity index (χ2n) is 3.60. The van der Waals surface area contributed by atoms with E-state index in [-0.39, 0.29) is 11.7 Å². The Morgan fingerprint density at radius 2 is 2.20 bits per heavy atom. The molecule has 2 nitrogen and oxygen atoms in total. The predicted molar refractivity (Wildman–Crippen MR) is 56.8 cm³/mol. The fourth-order valence-electron chi connectivity index (χ4n) is 1.62. The molecule has 0 heterocycles. The SMILES string of the molecule is COc1c(C(C)CC=O)ccc(F)c1C. The van der Waals surface area contributed by atoms with Crippen molar-refractivity contribution in [3.8, 4) is 5.75 Å². The van der Waals surface area contributed by atoms with Crippen LogP contribution in [-0.2, 0) is 4.79 Å². The average molecular weight is 210 g/mol. The number of benzene rings is 1. The maximum absolute atomic E-state index is 13.2. The van der Waals surface area contributed by atoms with Crippen molar-refractivity contribution >= 4 is 6.29 Å². The monoisotopic (exact) mass is 210 g/mol. The molecule has 0 fully saturated rings. The van der Waals surface area contributed by atoms with Crippen molar-refractivity contribution in [2.45, 2.75) is 26.2 Å². The van der Waals surface area contributed by atoms with Crippen molar-refractivity contribution in [2.75, 3.05) is 7.11 Å². The van der Waals surface area contributed by atoms with Crippen molar-refractivity contribution in [1.29, 1.82) is 0 Å². The minimum Gasteiger partial charge on any atom is -0.496 e. The van der Waals surface area contributed by atoms with Crippen LogP contribution < -0.4 is 4.74 Å². The number of aldehydes is 1. The molecule has 0 aliphatic carbocycles. The Labute approximate surface area is 89.1 Å². The molecule has 0 N–H and O–H groups in total. The zero-order valence-electron chi connectivity index (χ0n) is 9.21. The first-order chi connectivity index (χ1) is 7.11. The van der Waals surface area contributed by atoms with Crippen LogP contribution in [0.2, 0.25) is 0 Å². The molecule has 0 aliphatic heterocycles. The Bertz CT molecular complexity index is 361. The van der Waals surface area contributed by atoms with E-state index >= 15 is 0 Å². The van der Waals surface area contributed by atoms with E-state index in [1.807, 2.05) is 6.92 Å². The van der Waals surface area contributed by atoms with Gasteiger partial charge < -0.3 is 9.53 Å². The maximum Gasteiger partial charge on any atom is 0.129 e. The summed E-state index contributed by atoms with van der Waals surface area (Å²) in [6.45, 7) is 3.59. The zero-order valence-corrected chi connectivity index (χ0v) is 9.21. The fourth-order valence-corrected chi connectivity index (χ4v) is 1.62. The van der Waals surface area contributed by atoms with Crippen LogP contribution in [0.25, 0.3) is 0 Å². The van der Waals surface area contributed by atoms with Crippen molar-refractivity contribution in [2.24, 2.45) is 0 Å². The van der Waals surface area contributed by atoms with Crippen LogP contribution in [0.5, 0.6) is 5.75 Å². The van der Waals surface area contributed by atoms with Gasteiger partial charge in [0.25, 0.3) is 0 Å². The van der Waals surface area contributed by atoms with Gasteiger partial charge in [-0.1, -0.05) is 13.0 Å². The van der Waals surface area contributed by atoms with Gasteiger partial charge in [-0.2, -0.15) is 0 Å². The summed E-state index contributed by atoms with van der Waals surface area (Å²) in [7, 11) is 1.51.